The van der Waals surface area contributed by atoms with E-state index < -0.39 is 5.82 Å². The van der Waals surface area contributed by atoms with Crippen LogP contribution in [-0.2, 0) is 25.6 Å². The number of ether oxygens (including phenoxy) is 3. The second-order valence-corrected chi connectivity index (χ2v) is 10.3. The number of hydrogen-bond acceptors (Lipinski definition) is 8. The summed E-state index contributed by atoms with van der Waals surface area (Å²) in [4.78, 5) is 31.0. The Hall–Kier alpha value is -2.64. The SMILES string of the molecule is COCCOCc1c(C(=O)N(CC(C)C)[C@@H]2CNC[C@H](C(=O)N3CCOCC3)C2)nnn1-c1ccccc1F.Cl. The molecular formula is C27H40ClFN6O5. The molecule has 0 bridgehead atoms. The second-order valence-electron chi connectivity index (χ2n) is 10.3. The molecule has 1 aromatic carbocycles. The molecule has 0 unspecified atom stereocenters. The maximum atomic E-state index is 14.7. The minimum Gasteiger partial charge on any atom is -0.382 e. The number of para-hydroxylation sites is 1. The van der Waals surface area contributed by atoms with E-state index in [0.29, 0.717) is 71.3 Å². The van der Waals surface area contributed by atoms with Crippen LogP contribution in [0, 0.1) is 17.7 Å². The van der Waals surface area contributed by atoms with E-state index in [-0.39, 0.29) is 60.1 Å². The van der Waals surface area contributed by atoms with Crippen LogP contribution >= 0.6 is 12.4 Å². The van der Waals surface area contributed by atoms with Gasteiger partial charge in [0.05, 0.1) is 39.0 Å². The quantitative estimate of drug-likeness (QED) is 0.400. The summed E-state index contributed by atoms with van der Waals surface area (Å²) in [6.07, 6.45) is 0.544. The summed E-state index contributed by atoms with van der Waals surface area (Å²) in [6, 6.07) is 5.98. The van der Waals surface area contributed by atoms with Crippen LogP contribution in [0.5, 0.6) is 0 Å². The van der Waals surface area contributed by atoms with Crippen LogP contribution in [-0.4, -0.2) is 109 Å². The molecule has 40 heavy (non-hydrogen) atoms. The molecule has 2 aliphatic rings. The van der Waals surface area contributed by atoms with E-state index in [9.17, 15) is 14.0 Å². The standard InChI is InChI=1S/C27H39FN6O5.ClH/c1-19(2)17-33(21-14-20(15-29-16-21)26(35)32-8-10-38-11-9-32)27(36)25-24(18-39-13-12-37-3)34(31-30-25)23-7-5-4-6-22(23)28;/h4-7,19-21,29H,8-18H2,1-3H3;1H/t20-,21+;/m1./s1. The van der Waals surface area contributed by atoms with Crippen LogP contribution in [0.4, 0.5) is 4.39 Å². The van der Waals surface area contributed by atoms with Gasteiger partial charge in [-0.1, -0.05) is 31.2 Å². The molecule has 1 aromatic heterocycles. The predicted molar refractivity (Wildman–Crippen MR) is 148 cm³/mol. The van der Waals surface area contributed by atoms with Gasteiger partial charge in [-0.05, 0) is 24.5 Å². The largest absolute Gasteiger partial charge is 0.382 e. The molecule has 222 valence electrons. The first-order valence-corrected chi connectivity index (χ1v) is 13.5. The highest BCUT2D eigenvalue weighted by Gasteiger charge is 2.37. The molecule has 2 aromatic rings. The zero-order chi connectivity index (χ0) is 27.8. The number of nitrogens with one attached hydrogen (secondary N) is 1. The molecule has 2 saturated heterocycles. The highest BCUT2D eigenvalue weighted by Crippen LogP contribution is 2.24. The number of morpholine rings is 1. The average molecular weight is 583 g/mol. The lowest BCUT2D eigenvalue weighted by Gasteiger charge is -2.40. The molecule has 11 nitrogen and oxygen atoms in total. The van der Waals surface area contributed by atoms with Gasteiger partial charge >= 0.3 is 0 Å². The summed E-state index contributed by atoms with van der Waals surface area (Å²) in [5.41, 5.74) is 0.651. The van der Waals surface area contributed by atoms with Crippen molar-refractivity contribution >= 4 is 24.2 Å². The normalized spacial score (nSPS) is 19.4. The van der Waals surface area contributed by atoms with Gasteiger partial charge in [-0.15, -0.1) is 17.5 Å². The van der Waals surface area contributed by atoms with E-state index in [1.807, 2.05) is 18.7 Å². The van der Waals surface area contributed by atoms with Crippen LogP contribution in [0.3, 0.4) is 0 Å². The van der Waals surface area contributed by atoms with E-state index in [1.54, 1.807) is 30.2 Å². The molecule has 0 aliphatic carbocycles. The van der Waals surface area contributed by atoms with Gasteiger partial charge in [0.1, 0.15) is 17.2 Å². The molecular weight excluding hydrogens is 543 g/mol. The highest BCUT2D eigenvalue weighted by molar-refractivity contribution is 5.93. The number of benzene rings is 1. The summed E-state index contributed by atoms with van der Waals surface area (Å²) in [5.74, 6) is -0.782. The van der Waals surface area contributed by atoms with E-state index in [2.05, 4.69) is 15.6 Å². The van der Waals surface area contributed by atoms with Crippen LogP contribution in [0.1, 0.15) is 36.5 Å². The van der Waals surface area contributed by atoms with Crippen molar-refractivity contribution < 1.29 is 28.2 Å². The molecule has 4 rings (SSSR count). The minimum atomic E-state index is -0.487. The number of piperidine rings is 1. The van der Waals surface area contributed by atoms with Crippen molar-refractivity contribution in [3.63, 3.8) is 0 Å². The molecule has 0 radical (unpaired) electrons. The Morgan fingerprint density at radius 3 is 2.65 bits per heavy atom. The first-order chi connectivity index (χ1) is 18.9. The van der Waals surface area contributed by atoms with Gasteiger partial charge in [0, 0.05) is 45.9 Å². The van der Waals surface area contributed by atoms with Gasteiger partial charge in [0.25, 0.3) is 5.91 Å². The lowest BCUT2D eigenvalue weighted by Crippen LogP contribution is -2.56. The van der Waals surface area contributed by atoms with E-state index in [1.165, 1.54) is 10.7 Å². The van der Waals surface area contributed by atoms with Gasteiger partial charge < -0.3 is 29.3 Å². The van der Waals surface area contributed by atoms with E-state index >= 15 is 0 Å². The van der Waals surface area contributed by atoms with Gasteiger partial charge in [-0.3, -0.25) is 9.59 Å². The number of carbonyl (C=O) groups is 2. The molecule has 13 heteroatoms. The van der Waals surface area contributed by atoms with Crippen molar-refractivity contribution in [1.82, 2.24) is 30.1 Å². The Morgan fingerprint density at radius 2 is 1.95 bits per heavy atom. The number of nitrogens with zero attached hydrogens (tertiary/aromatic N) is 5. The summed E-state index contributed by atoms with van der Waals surface area (Å²) < 4.78 is 32.2. The molecule has 2 fully saturated rings. The number of methoxy groups -OCH3 is 1. The number of hydrogen-bond donors (Lipinski definition) is 1. The predicted octanol–water partition coefficient (Wildman–Crippen LogP) is 1.93. The van der Waals surface area contributed by atoms with Gasteiger partial charge in [0.15, 0.2) is 5.69 Å². The fraction of sp³-hybridized carbons (Fsp3) is 0.630. The summed E-state index contributed by atoms with van der Waals surface area (Å²) in [6.45, 7) is 8.60. The third-order valence-corrected chi connectivity index (χ3v) is 6.98. The number of carbonyl (C=O) groups excluding carboxylic acids is 2. The monoisotopic (exact) mass is 582 g/mol. The summed E-state index contributed by atoms with van der Waals surface area (Å²) >= 11 is 0. The maximum absolute atomic E-state index is 14.7. The Morgan fingerprint density at radius 1 is 1.20 bits per heavy atom. The van der Waals surface area contributed by atoms with Crippen molar-refractivity contribution in [2.75, 3.05) is 66.3 Å². The van der Waals surface area contributed by atoms with Crippen molar-refractivity contribution in [2.24, 2.45) is 11.8 Å². The van der Waals surface area contributed by atoms with Crippen molar-refractivity contribution in [3.05, 3.63) is 41.5 Å². The number of amides is 2. The molecule has 0 spiro atoms. The molecule has 1 N–H and O–H groups in total. The molecule has 2 atom stereocenters. The second kappa shape index (κ2) is 15.4. The Balaban J connectivity index is 0.00000441. The first kappa shape index (κ1) is 31.9. The van der Waals surface area contributed by atoms with E-state index in [4.69, 9.17) is 14.2 Å². The maximum Gasteiger partial charge on any atom is 0.276 e. The van der Waals surface area contributed by atoms with Gasteiger partial charge in [-0.2, -0.15) is 0 Å². The summed E-state index contributed by atoms with van der Waals surface area (Å²) in [7, 11) is 1.57. The lowest BCUT2D eigenvalue weighted by atomic mass is 9.92. The number of rotatable bonds is 11. The first-order valence-electron chi connectivity index (χ1n) is 13.5. The third-order valence-electron chi connectivity index (χ3n) is 6.98. The van der Waals surface area contributed by atoms with Crippen LogP contribution in [0.2, 0.25) is 0 Å². The van der Waals surface area contributed by atoms with Crippen LogP contribution in [0.25, 0.3) is 5.69 Å². The Kier molecular flexibility index (Phi) is 12.3. The lowest BCUT2D eigenvalue weighted by molar-refractivity contribution is -0.140. The molecule has 2 amide bonds. The molecule has 3 heterocycles. The van der Waals surface area contributed by atoms with Gasteiger partial charge in [0.2, 0.25) is 5.91 Å². The van der Waals surface area contributed by atoms with Crippen molar-refractivity contribution in [1.29, 1.82) is 0 Å². The van der Waals surface area contributed by atoms with Crippen molar-refractivity contribution in [3.8, 4) is 5.69 Å². The zero-order valence-corrected chi connectivity index (χ0v) is 24.2. The topological polar surface area (TPSA) is 111 Å². The number of aromatic nitrogens is 3. The number of halogens is 2. The third kappa shape index (κ3) is 7.76. The van der Waals surface area contributed by atoms with Gasteiger partial charge in [-0.25, -0.2) is 9.07 Å². The van der Waals surface area contributed by atoms with Crippen molar-refractivity contribution in [2.45, 2.75) is 32.9 Å². The average Bonchev–Trinajstić information content (AvgIpc) is 3.37. The Bertz CT molecular complexity index is 1110. The fourth-order valence-electron chi connectivity index (χ4n) is 5.04. The van der Waals surface area contributed by atoms with Crippen LogP contribution < -0.4 is 5.32 Å². The van der Waals surface area contributed by atoms with E-state index in [0.717, 1.165) is 0 Å². The fourth-order valence-corrected chi connectivity index (χ4v) is 5.04. The smallest absolute Gasteiger partial charge is 0.276 e. The Labute approximate surface area is 240 Å². The zero-order valence-electron chi connectivity index (χ0n) is 23.4. The molecule has 2 aliphatic heterocycles. The molecule has 0 saturated carbocycles. The highest BCUT2D eigenvalue weighted by atomic mass is 35.5. The summed E-state index contributed by atoms with van der Waals surface area (Å²) in [5, 5.41) is 11.7. The van der Waals surface area contributed by atoms with Crippen LogP contribution in [0.15, 0.2) is 24.3 Å². The minimum absolute atomic E-state index is 0.